The van der Waals surface area contributed by atoms with Crippen molar-refractivity contribution in [2.45, 2.75) is 13.8 Å². The van der Waals surface area contributed by atoms with Gasteiger partial charge in [-0.3, -0.25) is 0 Å². The zero-order chi connectivity index (χ0) is 19.8. The Balaban J connectivity index is 2.02. The molecule has 0 aliphatic rings. The quantitative estimate of drug-likeness (QED) is 0.326. The molecule has 4 aromatic rings. The smallest absolute Gasteiger partial charge is 0.112 e. The van der Waals surface area contributed by atoms with E-state index in [1.165, 1.54) is 0 Å². The molecule has 0 unspecified atom stereocenters. The summed E-state index contributed by atoms with van der Waals surface area (Å²) in [5.74, 6) is 0. The third-order valence-corrected chi connectivity index (χ3v) is 5.44. The van der Waals surface area contributed by atoms with E-state index in [2.05, 4.69) is 25.1 Å². The van der Waals surface area contributed by atoms with E-state index in [1.807, 2.05) is 43.3 Å². The molecule has 2 nitrogen and oxygen atoms in total. The van der Waals surface area contributed by atoms with E-state index in [0.717, 1.165) is 33.6 Å². The Hall–Kier alpha value is -2.26. The largest absolute Gasteiger partial charge is 0.229 e. The van der Waals surface area contributed by atoms with Crippen LogP contribution in [0.2, 0.25) is 15.1 Å². The minimum atomic E-state index is 0.511. The van der Waals surface area contributed by atoms with Gasteiger partial charge in [0.25, 0.3) is 0 Å². The van der Waals surface area contributed by atoms with Crippen LogP contribution in [0.25, 0.3) is 28.2 Å². The van der Waals surface area contributed by atoms with Gasteiger partial charge in [-0.2, -0.15) is 5.10 Å². The number of halogens is 3. The molecule has 0 aliphatic heterocycles. The highest BCUT2D eigenvalue weighted by molar-refractivity contribution is 6.37. The van der Waals surface area contributed by atoms with Crippen molar-refractivity contribution in [1.82, 2.24) is 9.78 Å². The molecular formula is C23H17Cl3N2. The lowest BCUT2D eigenvalue weighted by atomic mass is 10.1. The summed E-state index contributed by atoms with van der Waals surface area (Å²) in [7, 11) is 0. The second-order valence-electron chi connectivity index (χ2n) is 6.76. The van der Waals surface area contributed by atoms with Crippen LogP contribution in [-0.2, 0) is 0 Å². The molecule has 0 bridgehead atoms. The van der Waals surface area contributed by atoms with Crippen LogP contribution in [0.5, 0.6) is 0 Å². The summed E-state index contributed by atoms with van der Waals surface area (Å²) in [6.45, 7) is 4.10. The van der Waals surface area contributed by atoms with Gasteiger partial charge in [0.2, 0.25) is 0 Å². The van der Waals surface area contributed by atoms with Crippen molar-refractivity contribution < 1.29 is 0 Å². The molecule has 4 rings (SSSR count). The Bertz CT molecular complexity index is 1180. The summed E-state index contributed by atoms with van der Waals surface area (Å²) in [5, 5.41) is 6.51. The summed E-state index contributed by atoms with van der Waals surface area (Å²) in [4.78, 5) is 0. The molecule has 28 heavy (non-hydrogen) atoms. The second-order valence-corrected chi connectivity index (χ2v) is 7.98. The van der Waals surface area contributed by atoms with Gasteiger partial charge in [-0.1, -0.05) is 82.3 Å². The number of rotatable bonds is 3. The van der Waals surface area contributed by atoms with Crippen molar-refractivity contribution in [3.05, 3.63) is 92.9 Å². The van der Waals surface area contributed by atoms with Crippen molar-refractivity contribution in [2.24, 2.45) is 0 Å². The molecule has 0 fully saturated rings. The molecule has 1 aromatic heterocycles. The fourth-order valence-electron chi connectivity index (χ4n) is 3.24. The maximum absolute atomic E-state index is 6.88. The third-order valence-electron chi connectivity index (χ3n) is 4.55. The van der Waals surface area contributed by atoms with Crippen LogP contribution in [0.3, 0.4) is 0 Å². The SMILES string of the molecule is Cc1cccc(-c2nn(-c3ccc(Cl)cc3Cl)c(-c3cccc(C)c3)c2Cl)c1. The normalized spacial score (nSPS) is 11.0. The zero-order valence-corrected chi connectivity index (χ0v) is 17.6. The van der Waals surface area contributed by atoms with Crippen molar-refractivity contribution in [1.29, 1.82) is 0 Å². The van der Waals surface area contributed by atoms with E-state index < -0.39 is 0 Å². The van der Waals surface area contributed by atoms with E-state index in [0.29, 0.717) is 20.8 Å². The van der Waals surface area contributed by atoms with Crippen LogP contribution in [0, 0.1) is 13.8 Å². The van der Waals surface area contributed by atoms with Gasteiger partial charge in [0.15, 0.2) is 0 Å². The number of benzene rings is 3. The molecule has 0 radical (unpaired) electrons. The highest BCUT2D eigenvalue weighted by Crippen LogP contribution is 2.39. The van der Waals surface area contributed by atoms with Gasteiger partial charge in [-0.25, -0.2) is 4.68 Å². The molecule has 0 N–H and O–H groups in total. The minimum absolute atomic E-state index is 0.511. The first kappa shape index (κ1) is 19.1. The van der Waals surface area contributed by atoms with Crippen molar-refractivity contribution >= 4 is 34.8 Å². The molecule has 0 atom stereocenters. The summed E-state index contributed by atoms with van der Waals surface area (Å²) in [5.41, 5.74) is 6.46. The molecule has 140 valence electrons. The second kappa shape index (κ2) is 7.63. The van der Waals surface area contributed by atoms with Gasteiger partial charge in [0, 0.05) is 16.1 Å². The number of nitrogens with zero attached hydrogens (tertiary/aromatic N) is 2. The minimum Gasteiger partial charge on any atom is -0.229 e. The van der Waals surface area contributed by atoms with Gasteiger partial charge in [-0.15, -0.1) is 0 Å². The van der Waals surface area contributed by atoms with Crippen LogP contribution in [0.15, 0.2) is 66.7 Å². The fourth-order valence-corrected chi connectivity index (χ4v) is 4.07. The molecule has 0 amide bonds. The van der Waals surface area contributed by atoms with Gasteiger partial charge in [0.05, 0.1) is 21.4 Å². The van der Waals surface area contributed by atoms with Gasteiger partial charge < -0.3 is 0 Å². The van der Waals surface area contributed by atoms with Crippen molar-refractivity contribution in [2.75, 3.05) is 0 Å². The Morgan fingerprint density at radius 2 is 1.39 bits per heavy atom. The fraction of sp³-hybridized carbons (Fsp3) is 0.0870. The van der Waals surface area contributed by atoms with E-state index in [4.69, 9.17) is 39.9 Å². The maximum Gasteiger partial charge on any atom is 0.112 e. The highest BCUT2D eigenvalue weighted by Gasteiger charge is 2.21. The van der Waals surface area contributed by atoms with E-state index in [9.17, 15) is 0 Å². The third kappa shape index (κ3) is 3.56. The maximum atomic E-state index is 6.88. The van der Waals surface area contributed by atoms with Crippen LogP contribution in [-0.4, -0.2) is 9.78 Å². The molecule has 0 aliphatic carbocycles. The molecule has 0 saturated heterocycles. The van der Waals surface area contributed by atoms with Crippen molar-refractivity contribution in [3.63, 3.8) is 0 Å². The Morgan fingerprint density at radius 3 is 2.04 bits per heavy atom. The molecule has 0 spiro atoms. The van der Waals surface area contributed by atoms with Crippen LogP contribution in [0.4, 0.5) is 0 Å². The lowest BCUT2D eigenvalue weighted by Gasteiger charge is -2.10. The Morgan fingerprint density at radius 1 is 0.750 bits per heavy atom. The Kier molecular flexibility index (Phi) is 5.20. The lowest BCUT2D eigenvalue weighted by Crippen LogP contribution is -2.00. The van der Waals surface area contributed by atoms with Gasteiger partial charge in [0.1, 0.15) is 5.69 Å². The predicted molar refractivity (Wildman–Crippen MR) is 119 cm³/mol. The number of hydrogen-bond donors (Lipinski definition) is 0. The summed E-state index contributed by atoms with van der Waals surface area (Å²) < 4.78 is 1.80. The summed E-state index contributed by atoms with van der Waals surface area (Å²) in [6, 6.07) is 21.7. The first-order valence-corrected chi connectivity index (χ1v) is 9.95. The van der Waals surface area contributed by atoms with E-state index >= 15 is 0 Å². The number of aryl methyl sites for hydroxylation is 2. The molecule has 1 heterocycles. The zero-order valence-electron chi connectivity index (χ0n) is 15.4. The average Bonchev–Trinajstić information content (AvgIpc) is 2.99. The highest BCUT2D eigenvalue weighted by atomic mass is 35.5. The van der Waals surface area contributed by atoms with Crippen LogP contribution < -0.4 is 0 Å². The van der Waals surface area contributed by atoms with Crippen molar-refractivity contribution in [3.8, 4) is 28.2 Å². The number of aromatic nitrogens is 2. The summed E-state index contributed by atoms with van der Waals surface area (Å²) >= 11 is 19.5. The first-order chi connectivity index (χ1) is 13.4. The Labute approximate surface area is 179 Å². The topological polar surface area (TPSA) is 17.8 Å². The first-order valence-electron chi connectivity index (χ1n) is 8.82. The van der Waals surface area contributed by atoms with E-state index in [1.54, 1.807) is 16.8 Å². The van der Waals surface area contributed by atoms with Crippen LogP contribution in [0.1, 0.15) is 11.1 Å². The van der Waals surface area contributed by atoms with Gasteiger partial charge >= 0.3 is 0 Å². The van der Waals surface area contributed by atoms with Gasteiger partial charge in [-0.05, 0) is 44.2 Å². The lowest BCUT2D eigenvalue weighted by molar-refractivity contribution is 0.892. The van der Waals surface area contributed by atoms with Crippen LogP contribution >= 0.6 is 34.8 Å². The van der Waals surface area contributed by atoms with E-state index in [-0.39, 0.29) is 0 Å². The summed E-state index contributed by atoms with van der Waals surface area (Å²) in [6.07, 6.45) is 0. The molecular weight excluding hydrogens is 411 g/mol. The average molecular weight is 428 g/mol. The molecule has 5 heteroatoms. The molecule has 0 saturated carbocycles. The standard InChI is InChI=1S/C23H17Cl3N2/c1-14-5-3-7-16(11-14)22-21(26)23(17-8-4-6-15(2)12-17)28(27-22)20-10-9-18(24)13-19(20)25/h3-13H,1-2H3. The predicted octanol–water partition coefficient (Wildman–Crippen LogP) is 7.78. The monoisotopic (exact) mass is 426 g/mol. The number of hydrogen-bond acceptors (Lipinski definition) is 1. The molecule has 3 aromatic carbocycles.